The average Bonchev–Trinajstić information content (AvgIpc) is 3.38. The first-order valence-electron chi connectivity index (χ1n) is 9.80. The number of amides is 1. The first kappa shape index (κ1) is 22.6. The topological polar surface area (TPSA) is 101 Å². The summed E-state index contributed by atoms with van der Waals surface area (Å²) >= 11 is 7.18. The van der Waals surface area contributed by atoms with Crippen LogP contribution in [0, 0.1) is 0 Å². The third kappa shape index (κ3) is 5.41. The third-order valence-electron chi connectivity index (χ3n) is 4.41. The van der Waals surface area contributed by atoms with E-state index in [0.717, 1.165) is 17.3 Å². The van der Waals surface area contributed by atoms with E-state index in [1.807, 2.05) is 24.3 Å². The van der Waals surface area contributed by atoms with Gasteiger partial charge in [0.1, 0.15) is 5.70 Å². The Balaban J connectivity index is 1.58. The van der Waals surface area contributed by atoms with Crippen LogP contribution < -0.4 is 19.8 Å². The van der Waals surface area contributed by atoms with Crippen LogP contribution in [-0.4, -0.2) is 42.1 Å². The summed E-state index contributed by atoms with van der Waals surface area (Å²) in [6.45, 7) is 0. The van der Waals surface area contributed by atoms with Crippen molar-refractivity contribution >= 4 is 58.0 Å². The molecule has 0 saturated carbocycles. The minimum atomic E-state index is -0.447. The first-order valence-corrected chi connectivity index (χ1v) is 11.2. The van der Waals surface area contributed by atoms with Gasteiger partial charge in [-0.15, -0.1) is 0 Å². The Morgan fingerprint density at radius 1 is 1.27 bits per heavy atom. The monoisotopic (exact) mass is 482 g/mol. The molecule has 0 fully saturated rings. The molecule has 1 aliphatic heterocycles. The number of benzene rings is 2. The van der Waals surface area contributed by atoms with Crippen LogP contribution in [0.15, 0.2) is 81.0 Å². The maximum atomic E-state index is 13.2. The van der Waals surface area contributed by atoms with Crippen molar-refractivity contribution in [2.45, 2.75) is 0 Å². The van der Waals surface area contributed by atoms with Crippen molar-refractivity contribution in [3.05, 3.63) is 77.1 Å². The van der Waals surface area contributed by atoms with E-state index >= 15 is 0 Å². The van der Waals surface area contributed by atoms with Gasteiger partial charge in [0.15, 0.2) is 5.17 Å². The lowest BCUT2D eigenvalue weighted by Crippen LogP contribution is -2.53. The Morgan fingerprint density at radius 2 is 2.06 bits per heavy atom. The molecule has 11 heteroatoms. The summed E-state index contributed by atoms with van der Waals surface area (Å²) in [5.41, 5.74) is 1.64. The standard InChI is InChI=1S/C22H19ClN6O3S/c1-27(2)28-13-20(32-26-28)25-19(30)14-33-22-24-18(12-15-7-6-8-16(23)11-15)21(31)29(22)17-9-4-3-5-10-17/h3-13H,14H2,1-2H3/b18-12+. The zero-order valence-corrected chi connectivity index (χ0v) is 19.3. The lowest BCUT2D eigenvalue weighted by molar-refractivity contribution is -0.753. The van der Waals surface area contributed by atoms with Crippen LogP contribution in [0.2, 0.25) is 5.02 Å². The van der Waals surface area contributed by atoms with Crippen LogP contribution in [0.4, 0.5) is 11.6 Å². The second-order valence-corrected chi connectivity index (χ2v) is 8.44. The Labute approximate surface area is 199 Å². The second-order valence-electron chi connectivity index (χ2n) is 7.06. The van der Waals surface area contributed by atoms with Gasteiger partial charge >= 0.3 is 5.88 Å². The molecule has 0 N–H and O–H groups in total. The van der Waals surface area contributed by atoms with Crippen LogP contribution in [0.3, 0.4) is 0 Å². The van der Waals surface area contributed by atoms with Crippen molar-refractivity contribution in [2.24, 2.45) is 9.98 Å². The maximum Gasteiger partial charge on any atom is 0.324 e. The number of amidine groups is 1. The largest absolute Gasteiger partial charge is 0.861 e. The average molecular weight is 483 g/mol. The number of hydrogen-bond acceptors (Lipinski definition) is 8. The molecule has 0 aliphatic carbocycles. The second kappa shape index (κ2) is 9.88. The molecular formula is C22H19ClN6O3S. The number of aliphatic imine (C=N–C) groups is 2. The molecule has 0 atom stereocenters. The number of anilines is 1. The first-order chi connectivity index (χ1) is 15.9. The molecule has 0 unspecified atom stereocenters. The normalized spacial score (nSPS) is 15.3. The number of thioether (sulfide) groups is 1. The number of halogens is 1. The molecule has 0 radical (unpaired) electrons. The van der Waals surface area contributed by atoms with Crippen molar-refractivity contribution < 1.29 is 19.2 Å². The zero-order valence-electron chi connectivity index (χ0n) is 17.8. The van der Waals surface area contributed by atoms with Crippen molar-refractivity contribution in [1.82, 2.24) is 5.27 Å². The lowest BCUT2D eigenvalue weighted by Gasteiger charge is -2.18. The predicted molar refractivity (Wildman–Crippen MR) is 127 cm³/mol. The van der Waals surface area contributed by atoms with Crippen LogP contribution >= 0.6 is 23.4 Å². The lowest BCUT2D eigenvalue weighted by atomic mass is 10.2. The van der Waals surface area contributed by atoms with E-state index in [1.165, 1.54) is 15.9 Å². The summed E-state index contributed by atoms with van der Waals surface area (Å²) < 4.78 is 5.03. The molecule has 2 heterocycles. The molecule has 2 aromatic carbocycles. The molecule has 33 heavy (non-hydrogen) atoms. The molecule has 3 aromatic rings. The third-order valence-corrected chi connectivity index (χ3v) is 5.57. The van der Waals surface area contributed by atoms with Gasteiger partial charge in [-0.25, -0.2) is 9.98 Å². The van der Waals surface area contributed by atoms with E-state index < -0.39 is 5.90 Å². The van der Waals surface area contributed by atoms with Gasteiger partial charge in [0.25, 0.3) is 12.1 Å². The predicted octanol–water partition coefficient (Wildman–Crippen LogP) is 2.38. The van der Waals surface area contributed by atoms with E-state index in [1.54, 1.807) is 55.5 Å². The number of carbonyl (C=O) groups is 1. The molecule has 9 nitrogen and oxygen atoms in total. The summed E-state index contributed by atoms with van der Waals surface area (Å²) in [5, 5.41) is 18.7. The molecular weight excluding hydrogens is 464 g/mol. The smallest absolute Gasteiger partial charge is 0.324 e. The highest BCUT2D eigenvalue weighted by Crippen LogP contribution is 2.29. The highest BCUT2D eigenvalue weighted by Gasteiger charge is 2.31. The molecule has 0 spiro atoms. The van der Waals surface area contributed by atoms with Gasteiger partial charge in [0.2, 0.25) is 5.27 Å². The Bertz CT molecular complexity index is 1260. The molecule has 4 rings (SSSR count). The van der Waals surface area contributed by atoms with Crippen LogP contribution in [-0.2, 0) is 4.79 Å². The number of nitrogens with zero attached hydrogens (tertiary/aromatic N) is 6. The highest BCUT2D eigenvalue weighted by molar-refractivity contribution is 8.14. The SMILES string of the molecule is CN(C)[n+]1cc(/N=C(/[O-])CSC2=N/C(=C/c3cccc(Cl)c3)C(=O)N2c2ccccc2)on1. The Morgan fingerprint density at radius 3 is 2.76 bits per heavy atom. The summed E-state index contributed by atoms with van der Waals surface area (Å²) in [6, 6.07) is 16.2. The van der Waals surface area contributed by atoms with E-state index in [0.29, 0.717) is 15.9 Å². The highest BCUT2D eigenvalue weighted by atomic mass is 35.5. The minimum Gasteiger partial charge on any atom is -0.861 e. The van der Waals surface area contributed by atoms with Crippen LogP contribution in [0.1, 0.15) is 5.56 Å². The van der Waals surface area contributed by atoms with Crippen molar-refractivity contribution in [3.8, 4) is 0 Å². The van der Waals surface area contributed by atoms with Gasteiger partial charge in [-0.3, -0.25) is 14.2 Å². The molecule has 0 bridgehead atoms. The number of para-hydroxylation sites is 1. The summed E-state index contributed by atoms with van der Waals surface area (Å²) in [6.07, 6.45) is 3.15. The molecule has 1 aromatic heterocycles. The fourth-order valence-electron chi connectivity index (χ4n) is 2.90. The zero-order chi connectivity index (χ0) is 23.4. The van der Waals surface area contributed by atoms with Gasteiger partial charge in [0.05, 0.1) is 24.6 Å². The summed E-state index contributed by atoms with van der Waals surface area (Å²) in [5.74, 6) is -0.698. The van der Waals surface area contributed by atoms with E-state index in [2.05, 4.69) is 15.3 Å². The number of carbonyl (C=O) groups excluding carboxylic acids is 1. The van der Waals surface area contributed by atoms with Crippen LogP contribution in [0.5, 0.6) is 0 Å². The van der Waals surface area contributed by atoms with Crippen molar-refractivity contribution in [1.29, 1.82) is 0 Å². The van der Waals surface area contributed by atoms with E-state index in [4.69, 9.17) is 16.1 Å². The molecule has 168 valence electrons. The number of rotatable bonds is 6. The molecule has 0 saturated heterocycles. The summed E-state index contributed by atoms with van der Waals surface area (Å²) in [7, 11) is 3.54. The minimum absolute atomic E-state index is 0.0391. The van der Waals surface area contributed by atoms with Crippen molar-refractivity contribution in [3.63, 3.8) is 0 Å². The van der Waals surface area contributed by atoms with E-state index in [9.17, 15) is 9.90 Å². The molecule has 1 aliphatic rings. The number of hydrogen-bond donors (Lipinski definition) is 0. The van der Waals surface area contributed by atoms with Gasteiger partial charge in [-0.1, -0.05) is 53.7 Å². The van der Waals surface area contributed by atoms with Crippen LogP contribution in [0.25, 0.3) is 6.08 Å². The maximum absolute atomic E-state index is 13.2. The number of aromatic nitrogens is 2. The fraction of sp³-hybridized carbons (Fsp3) is 0.136. The Kier molecular flexibility index (Phi) is 6.76. The van der Waals surface area contributed by atoms with Gasteiger partial charge in [0, 0.05) is 10.8 Å². The Hall–Kier alpha value is -3.63. The van der Waals surface area contributed by atoms with Gasteiger partial charge in [-0.2, -0.15) is 5.01 Å². The fourth-order valence-corrected chi connectivity index (χ4v) is 3.90. The van der Waals surface area contributed by atoms with Gasteiger partial charge in [-0.05, 0) is 41.8 Å². The molecule has 1 amide bonds. The quantitative estimate of drug-likeness (QED) is 0.231. The summed E-state index contributed by atoms with van der Waals surface area (Å²) in [4.78, 5) is 24.5. The van der Waals surface area contributed by atoms with Crippen molar-refractivity contribution in [2.75, 3.05) is 29.8 Å². The van der Waals surface area contributed by atoms with Gasteiger partial charge < -0.3 is 5.11 Å². The van der Waals surface area contributed by atoms with E-state index in [-0.39, 0.29) is 23.2 Å².